The molecular formula is C15H23NS. The molecule has 1 aromatic carbocycles. The summed E-state index contributed by atoms with van der Waals surface area (Å²) in [5.74, 6) is 1.27. The van der Waals surface area contributed by atoms with Gasteiger partial charge in [0, 0.05) is 10.8 Å². The van der Waals surface area contributed by atoms with Crippen LogP contribution in [0.3, 0.4) is 0 Å². The van der Waals surface area contributed by atoms with Gasteiger partial charge in [0.1, 0.15) is 0 Å². The monoisotopic (exact) mass is 249 g/mol. The zero-order chi connectivity index (χ0) is 12.5. The Balaban J connectivity index is 2.12. The Morgan fingerprint density at radius 1 is 1.41 bits per heavy atom. The van der Waals surface area contributed by atoms with Gasteiger partial charge in [-0.25, -0.2) is 0 Å². The van der Waals surface area contributed by atoms with Gasteiger partial charge in [-0.2, -0.15) is 11.8 Å². The van der Waals surface area contributed by atoms with Crippen LogP contribution in [0.4, 0.5) is 0 Å². The van der Waals surface area contributed by atoms with Gasteiger partial charge in [-0.1, -0.05) is 23.8 Å². The van der Waals surface area contributed by atoms with Crippen molar-refractivity contribution < 1.29 is 0 Å². The molecule has 17 heavy (non-hydrogen) atoms. The molecule has 1 aromatic rings. The Labute approximate surface area is 109 Å². The summed E-state index contributed by atoms with van der Waals surface area (Å²) >= 11 is 2.06. The minimum absolute atomic E-state index is 0.274. The predicted octanol–water partition coefficient (Wildman–Crippen LogP) is 3.46. The summed E-state index contributed by atoms with van der Waals surface area (Å²) in [7, 11) is 0. The van der Waals surface area contributed by atoms with E-state index in [1.54, 1.807) is 0 Å². The lowest BCUT2D eigenvalue weighted by Gasteiger charge is -2.30. The van der Waals surface area contributed by atoms with E-state index in [0.717, 1.165) is 6.42 Å². The minimum Gasteiger partial charge on any atom is -0.326 e. The van der Waals surface area contributed by atoms with E-state index in [-0.39, 0.29) is 10.8 Å². The molecule has 0 spiro atoms. The van der Waals surface area contributed by atoms with E-state index in [0.29, 0.717) is 0 Å². The molecule has 0 bridgehead atoms. The summed E-state index contributed by atoms with van der Waals surface area (Å²) in [4.78, 5) is 0. The third-order valence-electron chi connectivity index (χ3n) is 3.98. The first-order valence-electron chi connectivity index (χ1n) is 6.47. The maximum Gasteiger partial charge on any atom is 0.0286 e. The van der Waals surface area contributed by atoms with Crippen molar-refractivity contribution in [1.29, 1.82) is 0 Å². The van der Waals surface area contributed by atoms with Crippen molar-refractivity contribution in [1.82, 2.24) is 0 Å². The Kier molecular flexibility index (Phi) is 3.84. The second-order valence-corrected chi connectivity index (χ2v) is 7.13. The second-order valence-electron chi connectivity index (χ2n) is 5.51. The number of hydrogen-bond acceptors (Lipinski definition) is 2. The third-order valence-corrected chi connectivity index (χ3v) is 5.64. The van der Waals surface area contributed by atoms with E-state index in [4.69, 9.17) is 5.73 Å². The maximum absolute atomic E-state index is 6.44. The number of nitrogens with two attached hydrogens (primary N) is 1. The van der Waals surface area contributed by atoms with Gasteiger partial charge in [0.05, 0.1) is 0 Å². The fraction of sp³-hybridized carbons (Fsp3) is 0.600. The van der Waals surface area contributed by atoms with Crippen molar-refractivity contribution in [2.45, 2.75) is 50.8 Å². The van der Waals surface area contributed by atoms with Crippen molar-refractivity contribution in [3.8, 4) is 0 Å². The SMILES string of the molecule is Cc1ccc(C)c(CC(N)C2(C)CCCS2)c1. The number of thioether (sulfide) groups is 1. The van der Waals surface area contributed by atoms with Crippen molar-refractivity contribution >= 4 is 11.8 Å². The number of rotatable bonds is 3. The van der Waals surface area contributed by atoms with Crippen molar-refractivity contribution in [2.24, 2.45) is 5.73 Å². The lowest BCUT2D eigenvalue weighted by Crippen LogP contribution is -2.42. The van der Waals surface area contributed by atoms with E-state index >= 15 is 0 Å². The molecule has 1 nitrogen and oxygen atoms in total. The summed E-state index contributed by atoms with van der Waals surface area (Å²) in [6.45, 7) is 6.67. The van der Waals surface area contributed by atoms with Crippen LogP contribution in [0.1, 0.15) is 36.5 Å². The van der Waals surface area contributed by atoms with Crippen LogP contribution in [0.15, 0.2) is 18.2 Å². The van der Waals surface area contributed by atoms with Crippen LogP contribution in [0, 0.1) is 13.8 Å². The topological polar surface area (TPSA) is 26.0 Å². The molecule has 0 aromatic heterocycles. The zero-order valence-electron chi connectivity index (χ0n) is 11.1. The summed E-state index contributed by atoms with van der Waals surface area (Å²) in [6, 6.07) is 6.95. The summed E-state index contributed by atoms with van der Waals surface area (Å²) in [5.41, 5.74) is 10.6. The second kappa shape index (κ2) is 5.03. The molecule has 2 unspecified atom stereocenters. The first kappa shape index (κ1) is 13.0. The van der Waals surface area contributed by atoms with E-state index in [2.05, 4.69) is 50.7 Å². The molecule has 0 aliphatic carbocycles. The molecular weight excluding hydrogens is 226 g/mol. The highest BCUT2D eigenvalue weighted by molar-refractivity contribution is 8.00. The molecule has 0 saturated carbocycles. The highest BCUT2D eigenvalue weighted by Gasteiger charge is 2.35. The zero-order valence-corrected chi connectivity index (χ0v) is 11.9. The van der Waals surface area contributed by atoms with Crippen LogP contribution < -0.4 is 5.73 Å². The van der Waals surface area contributed by atoms with Gasteiger partial charge in [-0.15, -0.1) is 0 Å². The fourth-order valence-corrected chi connectivity index (χ4v) is 3.91. The molecule has 1 aliphatic rings. The number of benzene rings is 1. The molecule has 2 N–H and O–H groups in total. The van der Waals surface area contributed by atoms with Crippen LogP contribution >= 0.6 is 11.8 Å². The van der Waals surface area contributed by atoms with Crippen LogP contribution in [-0.4, -0.2) is 16.5 Å². The molecule has 2 atom stereocenters. The molecule has 1 saturated heterocycles. The maximum atomic E-state index is 6.44. The Bertz CT molecular complexity index is 394. The van der Waals surface area contributed by atoms with Crippen LogP contribution in [0.25, 0.3) is 0 Å². The first-order valence-corrected chi connectivity index (χ1v) is 7.45. The normalized spacial score (nSPS) is 26.1. The Morgan fingerprint density at radius 3 is 2.82 bits per heavy atom. The van der Waals surface area contributed by atoms with Gasteiger partial charge in [0.2, 0.25) is 0 Å². The van der Waals surface area contributed by atoms with Crippen LogP contribution in [0.2, 0.25) is 0 Å². The highest BCUT2D eigenvalue weighted by atomic mass is 32.2. The Hall–Kier alpha value is -0.470. The lowest BCUT2D eigenvalue weighted by atomic mass is 9.89. The van der Waals surface area contributed by atoms with Gasteiger partial charge in [-0.3, -0.25) is 0 Å². The average molecular weight is 249 g/mol. The standard InChI is InChI=1S/C15H23NS/c1-11-5-6-12(2)13(9-11)10-14(16)15(3)7-4-8-17-15/h5-6,9,14H,4,7-8,10,16H2,1-3H3. The fourth-order valence-electron chi connectivity index (χ4n) is 2.57. The van der Waals surface area contributed by atoms with Gasteiger partial charge in [0.15, 0.2) is 0 Å². The third kappa shape index (κ3) is 2.86. The number of aryl methyl sites for hydroxylation is 2. The highest BCUT2D eigenvalue weighted by Crippen LogP contribution is 2.40. The predicted molar refractivity (Wildman–Crippen MR) is 77.7 cm³/mol. The quantitative estimate of drug-likeness (QED) is 0.888. The van der Waals surface area contributed by atoms with Gasteiger partial charge in [0.25, 0.3) is 0 Å². The van der Waals surface area contributed by atoms with E-state index in [9.17, 15) is 0 Å². The minimum atomic E-state index is 0.274. The summed E-state index contributed by atoms with van der Waals surface area (Å²) in [6.07, 6.45) is 3.60. The summed E-state index contributed by atoms with van der Waals surface area (Å²) in [5, 5.41) is 0. The van der Waals surface area contributed by atoms with Crippen molar-refractivity contribution in [3.05, 3.63) is 34.9 Å². The average Bonchev–Trinajstić information content (AvgIpc) is 2.72. The number of hydrogen-bond donors (Lipinski definition) is 1. The Morgan fingerprint density at radius 2 is 2.18 bits per heavy atom. The van der Waals surface area contributed by atoms with Crippen LogP contribution in [-0.2, 0) is 6.42 Å². The van der Waals surface area contributed by atoms with Crippen molar-refractivity contribution in [3.63, 3.8) is 0 Å². The summed E-state index contributed by atoms with van der Waals surface area (Å²) < 4.78 is 0.288. The smallest absolute Gasteiger partial charge is 0.0286 e. The molecule has 1 aliphatic heterocycles. The van der Waals surface area contributed by atoms with Crippen LogP contribution in [0.5, 0.6) is 0 Å². The van der Waals surface area contributed by atoms with E-state index in [1.165, 1.54) is 35.3 Å². The molecule has 1 heterocycles. The molecule has 0 radical (unpaired) electrons. The largest absolute Gasteiger partial charge is 0.326 e. The first-order chi connectivity index (χ1) is 8.01. The van der Waals surface area contributed by atoms with E-state index < -0.39 is 0 Å². The van der Waals surface area contributed by atoms with Gasteiger partial charge in [-0.05, 0) is 56.9 Å². The molecule has 0 amide bonds. The van der Waals surface area contributed by atoms with Crippen molar-refractivity contribution in [2.75, 3.05) is 5.75 Å². The van der Waals surface area contributed by atoms with E-state index in [1.807, 2.05) is 0 Å². The lowest BCUT2D eigenvalue weighted by molar-refractivity contribution is 0.482. The molecule has 1 fully saturated rings. The molecule has 2 rings (SSSR count). The van der Waals surface area contributed by atoms with Gasteiger partial charge < -0.3 is 5.73 Å². The molecule has 2 heteroatoms. The van der Waals surface area contributed by atoms with Gasteiger partial charge >= 0.3 is 0 Å². The molecule has 94 valence electrons.